The number of hydrogen-bond acceptors (Lipinski definition) is 4. The van der Waals surface area contributed by atoms with E-state index in [1.807, 2.05) is 0 Å². The van der Waals surface area contributed by atoms with Crippen LogP contribution in [0.2, 0.25) is 0 Å². The summed E-state index contributed by atoms with van der Waals surface area (Å²) in [5, 5.41) is 10.5. The van der Waals surface area contributed by atoms with Gasteiger partial charge in [0.1, 0.15) is 5.69 Å². The zero-order valence-corrected chi connectivity index (χ0v) is 7.91. The second-order valence-electron chi connectivity index (χ2n) is 3.04. The molecule has 5 nitrogen and oxygen atoms in total. The maximum Gasteiger partial charge on any atom is 0.418 e. The first-order valence-electron chi connectivity index (χ1n) is 4.11. The van der Waals surface area contributed by atoms with Crippen LogP contribution < -0.4 is 11.5 Å². The van der Waals surface area contributed by atoms with E-state index in [-0.39, 0.29) is 12.1 Å². The Morgan fingerprint density at radius 2 is 1.94 bits per heavy atom. The van der Waals surface area contributed by atoms with Crippen LogP contribution in [0.1, 0.15) is 11.1 Å². The number of rotatable bonds is 2. The Labute approximate surface area is 88.0 Å². The molecule has 0 fully saturated rings. The second kappa shape index (κ2) is 3.97. The predicted molar refractivity (Wildman–Crippen MR) is 50.4 cm³/mol. The number of hydrogen-bond donors (Lipinski definition) is 2. The number of anilines is 1. The summed E-state index contributed by atoms with van der Waals surface area (Å²) in [4.78, 5) is 9.52. The zero-order chi connectivity index (χ0) is 12.5. The highest BCUT2D eigenvalue weighted by molar-refractivity contribution is 5.65. The van der Waals surface area contributed by atoms with Crippen LogP contribution in [-0.2, 0) is 12.7 Å². The molecule has 0 aliphatic carbocycles. The number of benzene rings is 1. The predicted octanol–water partition coefficient (Wildman–Crippen LogP) is 1.65. The SMILES string of the molecule is NCc1cc([N+](=O)[O-])c(N)c(C(F)(F)F)c1. The maximum absolute atomic E-state index is 12.5. The van der Waals surface area contributed by atoms with Crippen molar-refractivity contribution in [2.24, 2.45) is 5.73 Å². The van der Waals surface area contributed by atoms with E-state index in [2.05, 4.69) is 0 Å². The van der Waals surface area contributed by atoms with E-state index >= 15 is 0 Å². The van der Waals surface area contributed by atoms with Gasteiger partial charge in [0, 0.05) is 12.6 Å². The van der Waals surface area contributed by atoms with E-state index in [9.17, 15) is 23.3 Å². The standard InChI is InChI=1S/C8H8F3N3O2/c9-8(10,11)5-1-4(3-12)2-6(7(5)13)14(15)16/h1-2H,3,12-13H2. The lowest BCUT2D eigenvalue weighted by Gasteiger charge is -2.11. The zero-order valence-electron chi connectivity index (χ0n) is 7.91. The third-order valence-corrected chi connectivity index (χ3v) is 1.96. The molecular weight excluding hydrogens is 227 g/mol. The average molecular weight is 235 g/mol. The average Bonchev–Trinajstić information content (AvgIpc) is 2.15. The number of halogens is 3. The molecular formula is C8H8F3N3O2. The summed E-state index contributed by atoms with van der Waals surface area (Å²) in [6, 6.07) is 1.65. The molecule has 4 N–H and O–H groups in total. The first-order chi connectivity index (χ1) is 7.27. The topological polar surface area (TPSA) is 95.2 Å². The summed E-state index contributed by atoms with van der Waals surface area (Å²) in [6.45, 7) is -0.232. The first kappa shape index (κ1) is 12.2. The third-order valence-electron chi connectivity index (χ3n) is 1.96. The molecule has 16 heavy (non-hydrogen) atoms. The van der Waals surface area contributed by atoms with E-state index in [4.69, 9.17) is 11.5 Å². The maximum atomic E-state index is 12.5. The number of nitro groups is 1. The monoisotopic (exact) mass is 235 g/mol. The summed E-state index contributed by atoms with van der Waals surface area (Å²) in [5.41, 5.74) is 7.34. The van der Waals surface area contributed by atoms with Gasteiger partial charge >= 0.3 is 6.18 Å². The van der Waals surface area contributed by atoms with Crippen molar-refractivity contribution in [1.29, 1.82) is 0 Å². The van der Waals surface area contributed by atoms with Crippen LogP contribution in [0, 0.1) is 10.1 Å². The van der Waals surface area contributed by atoms with E-state index in [0.717, 1.165) is 6.07 Å². The van der Waals surface area contributed by atoms with Crippen LogP contribution in [0.5, 0.6) is 0 Å². The fraction of sp³-hybridized carbons (Fsp3) is 0.250. The number of nitrogen functional groups attached to an aromatic ring is 1. The Morgan fingerprint density at radius 3 is 2.31 bits per heavy atom. The lowest BCUT2D eigenvalue weighted by Crippen LogP contribution is -2.12. The number of alkyl halides is 3. The third kappa shape index (κ3) is 2.22. The van der Waals surface area contributed by atoms with Gasteiger partial charge < -0.3 is 11.5 Å². The van der Waals surface area contributed by atoms with Crippen molar-refractivity contribution in [1.82, 2.24) is 0 Å². The molecule has 1 aromatic carbocycles. The molecule has 0 saturated carbocycles. The molecule has 0 unspecified atom stereocenters. The van der Waals surface area contributed by atoms with E-state index in [0.29, 0.717) is 6.07 Å². The van der Waals surface area contributed by atoms with E-state index in [1.54, 1.807) is 0 Å². The van der Waals surface area contributed by atoms with E-state index in [1.165, 1.54) is 0 Å². The molecule has 1 aromatic rings. The number of nitrogens with two attached hydrogens (primary N) is 2. The molecule has 0 aliphatic heterocycles. The van der Waals surface area contributed by atoms with Gasteiger partial charge in [-0.25, -0.2) is 0 Å². The Bertz CT molecular complexity index is 431. The summed E-state index contributed by atoms with van der Waals surface area (Å²) in [5.74, 6) is 0. The van der Waals surface area contributed by atoms with Crippen molar-refractivity contribution in [3.63, 3.8) is 0 Å². The summed E-state index contributed by atoms with van der Waals surface area (Å²) in [7, 11) is 0. The van der Waals surface area contributed by atoms with Crippen LogP contribution in [0.4, 0.5) is 24.5 Å². The van der Waals surface area contributed by atoms with Crippen molar-refractivity contribution in [2.45, 2.75) is 12.7 Å². The van der Waals surface area contributed by atoms with Gasteiger partial charge in [0.2, 0.25) is 0 Å². The molecule has 0 saturated heterocycles. The molecule has 0 radical (unpaired) electrons. The normalized spacial score (nSPS) is 11.5. The lowest BCUT2D eigenvalue weighted by atomic mass is 10.1. The Hall–Kier alpha value is -1.83. The van der Waals surface area contributed by atoms with Gasteiger partial charge in [-0.15, -0.1) is 0 Å². The molecule has 88 valence electrons. The molecule has 8 heteroatoms. The van der Waals surface area contributed by atoms with Crippen LogP contribution >= 0.6 is 0 Å². The van der Waals surface area contributed by atoms with Crippen molar-refractivity contribution in [3.8, 4) is 0 Å². The van der Waals surface area contributed by atoms with Gasteiger partial charge in [0.05, 0.1) is 10.5 Å². The Morgan fingerprint density at radius 1 is 1.38 bits per heavy atom. The van der Waals surface area contributed by atoms with Crippen LogP contribution in [-0.4, -0.2) is 4.92 Å². The summed E-state index contributed by atoms with van der Waals surface area (Å²) in [6.07, 6.45) is -4.74. The molecule has 1 rings (SSSR count). The minimum Gasteiger partial charge on any atom is -0.393 e. The van der Waals surface area contributed by atoms with Crippen molar-refractivity contribution >= 4 is 11.4 Å². The Balaban J connectivity index is 3.50. The quantitative estimate of drug-likeness (QED) is 0.463. The van der Waals surface area contributed by atoms with Gasteiger partial charge in [0.15, 0.2) is 0 Å². The van der Waals surface area contributed by atoms with Gasteiger partial charge in [-0.05, 0) is 11.6 Å². The van der Waals surface area contributed by atoms with Crippen molar-refractivity contribution < 1.29 is 18.1 Å². The van der Waals surface area contributed by atoms with Crippen molar-refractivity contribution in [3.05, 3.63) is 33.4 Å². The minimum atomic E-state index is -4.74. The molecule has 0 bridgehead atoms. The molecule has 0 heterocycles. The minimum absolute atomic E-state index is 0.00762. The van der Waals surface area contributed by atoms with Gasteiger partial charge in [-0.1, -0.05) is 0 Å². The number of nitrogens with zero attached hydrogens (tertiary/aromatic N) is 1. The highest BCUT2D eigenvalue weighted by atomic mass is 19.4. The lowest BCUT2D eigenvalue weighted by molar-refractivity contribution is -0.384. The highest BCUT2D eigenvalue weighted by Gasteiger charge is 2.36. The molecule has 0 aliphatic rings. The van der Waals surface area contributed by atoms with Gasteiger partial charge in [-0.3, -0.25) is 10.1 Å². The van der Waals surface area contributed by atoms with Crippen LogP contribution in [0.15, 0.2) is 12.1 Å². The largest absolute Gasteiger partial charge is 0.418 e. The smallest absolute Gasteiger partial charge is 0.393 e. The van der Waals surface area contributed by atoms with E-state index < -0.39 is 28.0 Å². The van der Waals surface area contributed by atoms with Crippen LogP contribution in [0.25, 0.3) is 0 Å². The summed E-state index contributed by atoms with van der Waals surface area (Å²) < 4.78 is 37.4. The summed E-state index contributed by atoms with van der Waals surface area (Å²) >= 11 is 0. The molecule has 0 spiro atoms. The second-order valence-corrected chi connectivity index (χ2v) is 3.04. The molecule has 0 amide bonds. The fourth-order valence-electron chi connectivity index (χ4n) is 1.20. The number of nitro benzene ring substituents is 1. The van der Waals surface area contributed by atoms with Crippen LogP contribution in [0.3, 0.4) is 0 Å². The Kier molecular flexibility index (Phi) is 3.04. The molecule has 0 aromatic heterocycles. The highest BCUT2D eigenvalue weighted by Crippen LogP contribution is 2.38. The first-order valence-corrected chi connectivity index (χ1v) is 4.11. The van der Waals surface area contributed by atoms with Crippen molar-refractivity contribution in [2.75, 3.05) is 5.73 Å². The van der Waals surface area contributed by atoms with Gasteiger partial charge in [0.25, 0.3) is 5.69 Å². The van der Waals surface area contributed by atoms with Gasteiger partial charge in [-0.2, -0.15) is 13.2 Å². The molecule has 0 atom stereocenters. The fourth-order valence-corrected chi connectivity index (χ4v) is 1.20.